The second-order valence-corrected chi connectivity index (χ2v) is 5.08. The third-order valence-corrected chi connectivity index (χ3v) is 3.44. The van der Waals surface area contributed by atoms with Gasteiger partial charge in [-0.2, -0.15) is 0 Å². The van der Waals surface area contributed by atoms with Crippen LogP contribution in [0.4, 0.5) is 0 Å². The zero-order chi connectivity index (χ0) is 9.84. The number of aliphatic hydroxyl groups excluding tert-OH is 1. The minimum Gasteiger partial charge on any atom is -0.497 e. The van der Waals surface area contributed by atoms with Gasteiger partial charge < -0.3 is 9.84 Å². The van der Waals surface area contributed by atoms with Gasteiger partial charge in [0.15, 0.2) is 0 Å². The first-order valence-electron chi connectivity index (χ1n) is 4.81. The fourth-order valence-electron chi connectivity index (χ4n) is 1.43. The van der Waals surface area contributed by atoms with Gasteiger partial charge in [-0.25, -0.2) is 0 Å². The SMILES string of the molecule is CCCCC1=C(C)C(O)C(I)CO1. The Morgan fingerprint density at radius 1 is 1.62 bits per heavy atom. The third kappa shape index (κ3) is 2.84. The number of aliphatic hydroxyl groups is 1. The van der Waals surface area contributed by atoms with Crippen LogP contribution in [0.1, 0.15) is 33.1 Å². The number of hydrogen-bond donors (Lipinski definition) is 1. The van der Waals surface area contributed by atoms with Crippen LogP contribution in [-0.4, -0.2) is 21.7 Å². The average molecular weight is 296 g/mol. The number of unbranched alkanes of at least 4 members (excludes halogenated alkanes) is 1. The van der Waals surface area contributed by atoms with Gasteiger partial charge in [0.25, 0.3) is 0 Å². The van der Waals surface area contributed by atoms with E-state index in [0.717, 1.165) is 24.2 Å². The van der Waals surface area contributed by atoms with Crippen molar-refractivity contribution in [2.75, 3.05) is 6.61 Å². The van der Waals surface area contributed by atoms with Crippen LogP contribution < -0.4 is 0 Å². The third-order valence-electron chi connectivity index (χ3n) is 2.40. The van der Waals surface area contributed by atoms with E-state index in [1.807, 2.05) is 6.92 Å². The normalized spacial score (nSPS) is 28.9. The van der Waals surface area contributed by atoms with Crippen molar-refractivity contribution in [3.05, 3.63) is 11.3 Å². The lowest BCUT2D eigenvalue weighted by Gasteiger charge is -2.27. The molecule has 0 bridgehead atoms. The van der Waals surface area contributed by atoms with Crippen molar-refractivity contribution in [1.29, 1.82) is 0 Å². The van der Waals surface area contributed by atoms with E-state index in [0.29, 0.717) is 6.61 Å². The predicted molar refractivity (Wildman–Crippen MR) is 62.0 cm³/mol. The van der Waals surface area contributed by atoms with Gasteiger partial charge in [-0.05, 0) is 18.9 Å². The highest BCUT2D eigenvalue weighted by atomic mass is 127. The summed E-state index contributed by atoms with van der Waals surface area (Å²) in [6.07, 6.45) is 2.99. The molecule has 0 spiro atoms. The number of ether oxygens (including phenoxy) is 1. The molecule has 76 valence electrons. The molecule has 0 radical (unpaired) electrons. The minimum absolute atomic E-state index is 0.211. The van der Waals surface area contributed by atoms with E-state index in [2.05, 4.69) is 29.5 Å². The lowest BCUT2D eigenvalue weighted by molar-refractivity contribution is 0.108. The molecule has 2 unspecified atom stereocenters. The number of hydrogen-bond acceptors (Lipinski definition) is 2. The van der Waals surface area contributed by atoms with Gasteiger partial charge in [-0.1, -0.05) is 35.9 Å². The van der Waals surface area contributed by atoms with Crippen molar-refractivity contribution in [1.82, 2.24) is 0 Å². The summed E-state index contributed by atoms with van der Waals surface area (Å²) in [7, 11) is 0. The molecule has 13 heavy (non-hydrogen) atoms. The maximum atomic E-state index is 9.77. The molecular formula is C10H17IO2. The molecule has 1 rings (SSSR count). The van der Waals surface area contributed by atoms with Crippen molar-refractivity contribution >= 4 is 22.6 Å². The molecule has 2 atom stereocenters. The molecule has 0 aromatic carbocycles. The van der Waals surface area contributed by atoms with Gasteiger partial charge in [-0.15, -0.1) is 0 Å². The van der Waals surface area contributed by atoms with Crippen LogP contribution in [0.25, 0.3) is 0 Å². The molecule has 1 N–H and O–H groups in total. The summed E-state index contributed by atoms with van der Waals surface area (Å²) >= 11 is 2.24. The lowest BCUT2D eigenvalue weighted by atomic mass is 10.0. The summed E-state index contributed by atoms with van der Waals surface area (Å²) < 4.78 is 5.80. The molecular weight excluding hydrogens is 279 g/mol. The molecule has 0 amide bonds. The number of halogens is 1. The number of alkyl halides is 1. The largest absolute Gasteiger partial charge is 0.497 e. The smallest absolute Gasteiger partial charge is 0.102 e. The molecule has 0 saturated heterocycles. The van der Waals surface area contributed by atoms with Gasteiger partial charge in [-0.3, -0.25) is 0 Å². The van der Waals surface area contributed by atoms with Crippen LogP contribution >= 0.6 is 22.6 Å². The van der Waals surface area contributed by atoms with Crippen molar-refractivity contribution in [3.8, 4) is 0 Å². The molecule has 0 aromatic rings. The predicted octanol–water partition coefficient (Wildman–Crippen LogP) is 2.65. The van der Waals surface area contributed by atoms with Crippen LogP contribution in [-0.2, 0) is 4.74 Å². The number of rotatable bonds is 3. The van der Waals surface area contributed by atoms with E-state index in [1.54, 1.807) is 0 Å². The zero-order valence-corrected chi connectivity index (χ0v) is 10.4. The fraction of sp³-hybridized carbons (Fsp3) is 0.800. The van der Waals surface area contributed by atoms with Crippen LogP contribution in [0.2, 0.25) is 0 Å². The van der Waals surface area contributed by atoms with Crippen LogP contribution in [0.15, 0.2) is 11.3 Å². The Labute approximate surface area is 93.5 Å². The summed E-state index contributed by atoms with van der Waals surface area (Å²) in [6.45, 7) is 4.79. The number of allylic oxidation sites excluding steroid dienone is 1. The van der Waals surface area contributed by atoms with Crippen LogP contribution in [0.3, 0.4) is 0 Å². The maximum absolute atomic E-state index is 9.77. The van der Waals surface area contributed by atoms with E-state index in [-0.39, 0.29) is 10.0 Å². The van der Waals surface area contributed by atoms with Gasteiger partial charge in [0.05, 0.1) is 15.8 Å². The van der Waals surface area contributed by atoms with Gasteiger partial charge >= 0.3 is 0 Å². The first-order valence-corrected chi connectivity index (χ1v) is 6.06. The Kier molecular flexibility index (Phi) is 4.52. The highest BCUT2D eigenvalue weighted by Gasteiger charge is 2.26. The lowest BCUT2D eigenvalue weighted by Crippen LogP contribution is -2.31. The minimum atomic E-state index is -0.304. The van der Waals surface area contributed by atoms with Crippen LogP contribution in [0.5, 0.6) is 0 Å². The topological polar surface area (TPSA) is 29.5 Å². The molecule has 1 aliphatic heterocycles. The molecule has 1 aliphatic rings. The van der Waals surface area contributed by atoms with Crippen molar-refractivity contribution in [2.24, 2.45) is 0 Å². The van der Waals surface area contributed by atoms with E-state index in [1.165, 1.54) is 6.42 Å². The van der Waals surface area contributed by atoms with Crippen LogP contribution in [0, 0.1) is 0 Å². The van der Waals surface area contributed by atoms with Gasteiger partial charge in [0.1, 0.15) is 6.61 Å². The summed E-state index contributed by atoms with van der Waals surface area (Å²) in [6, 6.07) is 0. The Hall–Kier alpha value is 0.230. The first-order chi connectivity index (χ1) is 6.16. The highest BCUT2D eigenvalue weighted by Crippen LogP contribution is 2.27. The molecule has 0 fully saturated rings. The van der Waals surface area contributed by atoms with Gasteiger partial charge in [0, 0.05) is 6.42 Å². The van der Waals surface area contributed by atoms with Crippen molar-refractivity contribution in [3.63, 3.8) is 0 Å². The first kappa shape index (κ1) is 11.3. The molecule has 0 saturated carbocycles. The highest BCUT2D eigenvalue weighted by molar-refractivity contribution is 14.1. The van der Waals surface area contributed by atoms with E-state index < -0.39 is 0 Å². The maximum Gasteiger partial charge on any atom is 0.102 e. The second kappa shape index (κ2) is 5.20. The van der Waals surface area contributed by atoms with Crippen molar-refractivity contribution in [2.45, 2.75) is 43.1 Å². The fourth-order valence-corrected chi connectivity index (χ4v) is 2.15. The quantitative estimate of drug-likeness (QED) is 0.641. The summed E-state index contributed by atoms with van der Waals surface area (Å²) in [5.41, 5.74) is 1.03. The van der Waals surface area contributed by atoms with Crippen molar-refractivity contribution < 1.29 is 9.84 Å². The molecule has 3 heteroatoms. The van der Waals surface area contributed by atoms with E-state index >= 15 is 0 Å². The Morgan fingerprint density at radius 2 is 2.31 bits per heavy atom. The monoisotopic (exact) mass is 296 g/mol. The summed E-state index contributed by atoms with van der Waals surface area (Å²) in [5, 5.41) is 9.77. The second-order valence-electron chi connectivity index (χ2n) is 3.48. The zero-order valence-electron chi connectivity index (χ0n) is 8.22. The Bertz CT molecular complexity index is 201. The average Bonchev–Trinajstić information content (AvgIpc) is 2.13. The van der Waals surface area contributed by atoms with Gasteiger partial charge in [0.2, 0.25) is 0 Å². The Balaban J connectivity index is 2.60. The van der Waals surface area contributed by atoms with E-state index in [4.69, 9.17) is 4.74 Å². The molecule has 1 heterocycles. The molecule has 2 nitrogen and oxygen atoms in total. The molecule has 0 aliphatic carbocycles. The standard InChI is InChI=1S/C10H17IO2/c1-3-4-5-9-7(2)10(12)8(11)6-13-9/h8,10,12H,3-6H2,1-2H3. The summed E-state index contributed by atoms with van der Waals surface area (Å²) in [4.78, 5) is 0. The Morgan fingerprint density at radius 3 is 2.92 bits per heavy atom. The van der Waals surface area contributed by atoms with E-state index in [9.17, 15) is 5.11 Å². The summed E-state index contributed by atoms with van der Waals surface area (Å²) in [5.74, 6) is 1.02. The molecule has 0 aromatic heterocycles.